The van der Waals surface area contributed by atoms with E-state index in [0.29, 0.717) is 13.1 Å². The third-order valence-corrected chi connectivity index (χ3v) is 7.41. The van der Waals surface area contributed by atoms with Crippen LogP contribution in [0.3, 0.4) is 0 Å². The summed E-state index contributed by atoms with van der Waals surface area (Å²) in [6, 6.07) is 17.4. The fourth-order valence-corrected chi connectivity index (χ4v) is 5.05. The minimum absolute atomic E-state index is 0.114. The maximum Gasteiger partial charge on any atom is 0.410 e. The number of fused-ring (bicyclic) bond motifs is 1. The van der Waals surface area contributed by atoms with E-state index in [1.807, 2.05) is 79.4 Å². The first kappa shape index (κ1) is 27.4. The summed E-state index contributed by atoms with van der Waals surface area (Å²) >= 11 is 0. The first-order valence-corrected chi connectivity index (χ1v) is 13.3. The van der Waals surface area contributed by atoms with Crippen molar-refractivity contribution in [3.63, 3.8) is 0 Å². The number of amides is 3. The lowest BCUT2D eigenvalue weighted by Gasteiger charge is -2.34. The zero-order valence-corrected chi connectivity index (χ0v) is 22.5. The molecule has 2 aromatic carbocycles. The second-order valence-corrected chi connectivity index (χ2v) is 10.4. The van der Waals surface area contributed by atoms with E-state index in [-0.39, 0.29) is 36.6 Å². The minimum atomic E-state index is -0.819. The average molecular weight is 523 g/mol. The van der Waals surface area contributed by atoms with E-state index in [0.717, 1.165) is 17.7 Å². The number of hydrogen-bond acceptors (Lipinski definition) is 6. The number of nitrogens with zero attached hydrogens (tertiary/aromatic N) is 2. The largest absolute Gasteiger partial charge is 0.487 e. The van der Waals surface area contributed by atoms with Crippen LogP contribution in [0.5, 0.6) is 5.75 Å². The van der Waals surface area contributed by atoms with Gasteiger partial charge in [0.2, 0.25) is 11.8 Å². The second-order valence-electron chi connectivity index (χ2n) is 10.4. The Kier molecular flexibility index (Phi) is 8.89. The molecule has 204 valence electrons. The molecule has 0 radical (unpaired) electrons. The first-order chi connectivity index (χ1) is 18.3. The average Bonchev–Trinajstić information content (AvgIpc) is 3.53. The normalized spacial score (nSPS) is 21.9. The van der Waals surface area contributed by atoms with Crippen LogP contribution in [0.15, 0.2) is 60.7 Å². The Morgan fingerprint density at radius 3 is 2.37 bits per heavy atom. The van der Waals surface area contributed by atoms with Gasteiger partial charge in [-0.25, -0.2) is 4.79 Å². The highest BCUT2D eigenvalue weighted by atomic mass is 16.6. The molecule has 0 spiro atoms. The number of likely N-dealkylation sites (N-methyl/N-ethyl adjacent to an activating group) is 1. The molecular weight excluding hydrogens is 484 g/mol. The third kappa shape index (κ3) is 6.27. The number of ether oxygens (including phenoxy) is 2. The van der Waals surface area contributed by atoms with Gasteiger partial charge in [0.25, 0.3) is 0 Å². The van der Waals surface area contributed by atoms with Gasteiger partial charge in [0.15, 0.2) is 0 Å². The Hall–Kier alpha value is -3.59. The summed E-state index contributed by atoms with van der Waals surface area (Å²) in [5.74, 6) is 0.0844. The number of likely N-dealkylation sites (tertiary alicyclic amines) is 1. The fraction of sp³-hybridized carbons (Fsp3) is 0.483. The van der Waals surface area contributed by atoms with Crippen LogP contribution in [0.1, 0.15) is 32.8 Å². The standard InChI is InChI=1S/C29H38N4O5/c1-19(2)25(31-27(34)20(3)32(4)29(36)37-18-21-11-7-5-8-12-21)28(35)33-16-15-23-26(33)24(17-30-23)38-22-13-9-6-10-14-22/h5-14,19-20,23-26,30H,15-18H2,1-4H3,(H,31,34). The van der Waals surface area contributed by atoms with Crippen molar-refractivity contribution in [2.24, 2.45) is 5.92 Å². The third-order valence-electron chi connectivity index (χ3n) is 7.41. The van der Waals surface area contributed by atoms with Gasteiger partial charge in [0.05, 0.1) is 6.04 Å². The predicted octanol–water partition coefficient (Wildman–Crippen LogP) is 2.80. The van der Waals surface area contributed by atoms with Crippen LogP contribution in [0.25, 0.3) is 0 Å². The Balaban J connectivity index is 1.37. The zero-order valence-electron chi connectivity index (χ0n) is 22.5. The van der Waals surface area contributed by atoms with Gasteiger partial charge in [-0.3, -0.25) is 14.5 Å². The summed E-state index contributed by atoms with van der Waals surface area (Å²) in [5, 5.41) is 6.39. The zero-order chi connectivity index (χ0) is 27.2. The number of carbonyl (C=O) groups excluding carboxylic acids is 3. The summed E-state index contributed by atoms with van der Waals surface area (Å²) in [5.41, 5.74) is 0.858. The van der Waals surface area contributed by atoms with Gasteiger partial charge in [0, 0.05) is 26.2 Å². The number of benzene rings is 2. The SMILES string of the molecule is CC(C)C(NC(=O)C(C)N(C)C(=O)OCc1ccccc1)C(=O)N1CCC2NCC(Oc3ccccc3)C21. The molecular formula is C29H38N4O5. The fourth-order valence-electron chi connectivity index (χ4n) is 5.05. The van der Waals surface area contributed by atoms with Crippen molar-refractivity contribution in [2.45, 2.75) is 64.1 Å². The van der Waals surface area contributed by atoms with E-state index in [9.17, 15) is 14.4 Å². The first-order valence-electron chi connectivity index (χ1n) is 13.3. The van der Waals surface area contributed by atoms with Crippen molar-refractivity contribution in [3.8, 4) is 5.75 Å². The van der Waals surface area contributed by atoms with Gasteiger partial charge in [-0.05, 0) is 37.0 Å². The van der Waals surface area contributed by atoms with E-state index < -0.39 is 24.1 Å². The van der Waals surface area contributed by atoms with Crippen molar-refractivity contribution in [2.75, 3.05) is 20.1 Å². The molecule has 2 fully saturated rings. The molecule has 9 nitrogen and oxygen atoms in total. The number of para-hydroxylation sites is 1. The number of nitrogens with one attached hydrogen (secondary N) is 2. The van der Waals surface area contributed by atoms with Crippen LogP contribution in [0.2, 0.25) is 0 Å². The molecule has 5 unspecified atom stereocenters. The topological polar surface area (TPSA) is 100 Å². The highest BCUT2D eigenvalue weighted by molar-refractivity contribution is 5.91. The summed E-state index contributed by atoms with van der Waals surface area (Å²) in [6.07, 6.45) is 0.0435. The summed E-state index contributed by atoms with van der Waals surface area (Å²) < 4.78 is 11.6. The molecule has 2 aliphatic rings. The molecule has 5 atom stereocenters. The lowest BCUT2D eigenvalue weighted by molar-refractivity contribution is -0.140. The van der Waals surface area contributed by atoms with Crippen LogP contribution < -0.4 is 15.4 Å². The van der Waals surface area contributed by atoms with Crippen LogP contribution in [0.4, 0.5) is 4.79 Å². The number of carbonyl (C=O) groups is 3. The predicted molar refractivity (Wildman–Crippen MR) is 143 cm³/mol. The van der Waals surface area contributed by atoms with Gasteiger partial charge in [-0.2, -0.15) is 0 Å². The van der Waals surface area contributed by atoms with E-state index in [2.05, 4.69) is 10.6 Å². The van der Waals surface area contributed by atoms with Crippen LogP contribution >= 0.6 is 0 Å². The van der Waals surface area contributed by atoms with Crippen LogP contribution in [-0.4, -0.2) is 78.1 Å². The van der Waals surface area contributed by atoms with E-state index in [1.165, 1.54) is 11.9 Å². The van der Waals surface area contributed by atoms with Gasteiger partial charge in [0.1, 0.15) is 30.5 Å². The van der Waals surface area contributed by atoms with Crippen molar-refractivity contribution >= 4 is 17.9 Å². The number of hydrogen-bond donors (Lipinski definition) is 2. The Labute approximate surface area is 224 Å². The van der Waals surface area contributed by atoms with Crippen molar-refractivity contribution in [1.29, 1.82) is 0 Å². The monoisotopic (exact) mass is 522 g/mol. The van der Waals surface area contributed by atoms with Crippen LogP contribution in [0, 0.1) is 5.92 Å². The van der Waals surface area contributed by atoms with Crippen molar-refractivity contribution < 1.29 is 23.9 Å². The van der Waals surface area contributed by atoms with Gasteiger partial charge >= 0.3 is 6.09 Å². The van der Waals surface area contributed by atoms with E-state index >= 15 is 0 Å². The molecule has 2 N–H and O–H groups in total. The highest BCUT2D eigenvalue weighted by Gasteiger charge is 2.49. The molecule has 0 aliphatic carbocycles. The highest BCUT2D eigenvalue weighted by Crippen LogP contribution is 2.29. The minimum Gasteiger partial charge on any atom is -0.487 e. The van der Waals surface area contributed by atoms with Gasteiger partial charge in [-0.1, -0.05) is 62.4 Å². The summed E-state index contributed by atoms with van der Waals surface area (Å²) in [4.78, 5) is 42.6. The molecule has 0 bridgehead atoms. The van der Waals surface area contributed by atoms with Crippen molar-refractivity contribution in [1.82, 2.24) is 20.4 Å². The molecule has 2 aliphatic heterocycles. The summed E-state index contributed by atoms with van der Waals surface area (Å²) in [6.45, 7) is 6.80. The lowest BCUT2D eigenvalue weighted by atomic mass is 10.0. The van der Waals surface area contributed by atoms with Gasteiger partial charge < -0.3 is 25.0 Å². The molecule has 38 heavy (non-hydrogen) atoms. The molecule has 2 aromatic rings. The molecule has 2 saturated heterocycles. The van der Waals surface area contributed by atoms with Crippen molar-refractivity contribution in [3.05, 3.63) is 66.2 Å². The molecule has 9 heteroatoms. The molecule has 0 aromatic heterocycles. The Morgan fingerprint density at radius 1 is 1.05 bits per heavy atom. The number of rotatable bonds is 9. The smallest absolute Gasteiger partial charge is 0.410 e. The maximum atomic E-state index is 13.8. The van der Waals surface area contributed by atoms with E-state index in [1.54, 1.807) is 6.92 Å². The molecule has 2 heterocycles. The molecule has 0 saturated carbocycles. The quantitative estimate of drug-likeness (QED) is 0.526. The lowest BCUT2D eigenvalue weighted by Crippen LogP contribution is -2.58. The Bertz CT molecular complexity index is 1100. The summed E-state index contributed by atoms with van der Waals surface area (Å²) in [7, 11) is 1.52. The molecule has 4 rings (SSSR count). The Morgan fingerprint density at radius 2 is 1.71 bits per heavy atom. The molecule has 3 amide bonds. The van der Waals surface area contributed by atoms with Crippen LogP contribution in [-0.2, 0) is 20.9 Å². The second kappa shape index (κ2) is 12.3. The van der Waals surface area contributed by atoms with Gasteiger partial charge in [-0.15, -0.1) is 0 Å². The van der Waals surface area contributed by atoms with E-state index in [4.69, 9.17) is 9.47 Å². The maximum absolute atomic E-state index is 13.8.